The molecule has 1 aromatic carbocycles. The number of hydrogen-bond donors (Lipinski definition) is 2. The lowest BCUT2D eigenvalue weighted by Crippen LogP contribution is -2.35. The van der Waals surface area contributed by atoms with Gasteiger partial charge in [0.15, 0.2) is 5.75 Å². The first-order valence-electron chi connectivity index (χ1n) is 11.1. The number of benzene rings is 1. The van der Waals surface area contributed by atoms with Crippen LogP contribution in [-0.4, -0.2) is 30.8 Å². The van der Waals surface area contributed by atoms with Gasteiger partial charge < -0.3 is 10.1 Å². The van der Waals surface area contributed by atoms with Crippen LogP contribution in [0.15, 0.2) is 11.1 Å². The minimum atomic E-state index is -4.18. The first-order valence-corrected chi connectivity index (χ1v) is 12.6. The molecule has 31 heavy (non-hydrogen) atoms. The Morgan fingerprint density at radius 1 is 1.06 bits per heavy atom. The van der Waals surface area contributed by atoms with Crippen LogP contribution in [0.2, 0.25) is 0 Å². The molecule has 9 heteroatoms. The van der Waals surface area contributed by atoms with E-state index in [-0.39, 0.29) is 16.8 Å². The summed E-state index contributed by atoms with van der Waals surface area (Å²) in [5, 5.41) is 6.96. The Balaban J connectivity index is 1.44. The molecular weight excluding hydrogens is 416 g/mol. The van der Waals surface area contributed by atoms with Crippen LogP contribution in [0.4, 0.5) is 10.5 Å². The fraction of sp³-hybridized carbons (Fsp3) is 0.545. The summed E-state index contributed by atoms with van der Waals surface area (Å²) in [7, 11) is -4.18. The van der Waals surface area contributed by atoms with Crippen molar-refractivity contribution in [3.05, 3.63) is 34.0 Å². The van der Waals surface area contributed by atoms with Crippen LogP contribution < -0.4 is 14.8 Å². The molecule has 0 radical (unpaired) electrons. The predicted molar refractivity (Wildman–Crippen MR) is 116 cm³/mol. The smallest absolute Gasteiger partial charge is 0.333 e. The second-order valence-electron chi connectivity index (χ2n) is 8.86. The van der Waals surface area contributed by atoms with Crippen molar-refractivity contribution in [3.63, 3.8) is 0 Å². The number of carbonyl (C=O) groups is 1. The second kappa shape index (κ2) is 7.55. The zero-order valence-corrected chi connectivity index (χ0v) is 18.8. The third-order valence-corrected chi connectivity index (χ3v) is 7.65. The van der Waals surface area contributed by atoms with Gasteiger partial charge in [-0.05, 0) is 87.5 Å². The maximum absolute atomic E-state index is 13.1. The average molecular weight is 445 g/mol. The van der Waals surface area contributed by atoms with Crippen molar-refractivity contribution >= 4 is 21.7 Å². The maximum Gasteiger partial charge on any atom is 0.333 e. The van der Waals surface area contributed by atoms with Crippen molar-refractivity contribution in [1.82, 2.24) is 14.5 Å². The third kappa shape index (κ3) is 3.48. The summed E-state index contributed by atoms with van der Waals surface area (Å²) < 4.78 is 35.7. The number of hydrogen-bond acceptors (Lipinski definition) is 5. The highest BCUT2D eigenvalue weighted by Crippen LogP contribution is 2.39. The van der Waals surface area contributed by atoms with E-state index in [1.54, 1.807) is 4.68 Å². The third-order valence-electron chi connectivity index (χ3n) is 6.42. The molecule has 0 unspecified atom stereocenters. The molecular formula is C22H28N4O4S. The van der Waals surface area contributed by atoms with Crippen molar-refractivity contribution in [2.24, 2.45) is 0 Å². The van der Waals surface area contributed by atoms with Crippen molar-refractivity contribution < 1.29 is 17.9 Å². The van der Waals surface area contributed by atoms with E-state index >= 15 is 0 Å². The van der Waals surface area contributed by atoms with E-state index in [0.717, 1.165) is 67.5 Å². The molecule has 1 aliphatic heterocycles. The number of aryl methyl sites for hydroxylation is 2. The maximum atomic E-state index is 13.1. The lowest BCUT2D eigenvalue weighted by molar-refractivity contribution is 0.256. The van der Waals surface area contributed by atoms with Crippen LogP contribution in [0.25, 0.3) is 0 Å². The fourth-order valence-corrected chi connectivity index (χ4v) is 6.11. The van der Waals surface area contributed by atoms with Crippen LogP contribution in [0.1, 0.15) is 67.1 Å². The number of nitrogens with one attached hydrogen (secondary N) is 2. The molecule has 0 saturated heterocycles. The zero-order valence-electron chi connectivity index (χ0n) is 18.0. The lowest BCUT2D eigenvalue weighted by Gasteiger charge is -2.17. The van der Waals surface area contributed by atoms with E-state index < -0.39 is 16.1 Å². The number of anilines is 1. The van der Waals surface area contributed by atoms with Crippen molar-refractivity contribution in [3.8, 4) is 5.75 Å². The van der Waals surface area contributed by atoms with E-state index in [1.807, 2.05) is 13.8 Å². The summed E-state index contributed by atoms with van der Waals surface area (Å²) in [6.45, 7) is 4.32. The molecule has 2 amide bonds. The Hall–Kier alpha value is -2.55. The van der Waals surface area contributed by atoms with Gasteiger partial charge in [-0.3, -0.25) is 4.68 Å². The molecule has 2 heterocycles. The topological polar surface area (TPSA) is 102 Å². The highest BCUT2D eigenvalue weighted by atomic mass is 32.2. The first kappa shape index (κ1) is 20.4. The Bertz CT molecular complexity index is 1130. The minimum absolute atomic E-state index is 0.0114. The molecule has 2 N–H and O–H groups in total. The predicted octanol–water partition coefficient (Wildman–Crippen LogP) is 3.28. The molecule has 0 atom stereocenters. The molecule has 166 valence electrons. The summed E-state index contributed by atoms with van der Waals surface area (Å²) in [4.78, 5) is 12.8. The quantitative estimate of drug-likeness (QED) is 0.753. The number of carbonyl (C=O) groups excluding carboxylic acids is 1. The molecule has 1 aromatic heterocycles. The van der Waals surface area contributed by atoms with Crippen LogP contribution in [-0.2, 0) is 42.1 Å². The molecule has 8 nitrogen and oxygen atoms in total. The number of fused-ring (bicyclic) bond motifs is 3. The Kier molecular flexibility index (Phi) is 4.96. The van der Waals surface area contributed by atoms with Crippen LogP contribution in [0.3, 0.4) is 0 Å². The zero-order chi connectivity index (χ0) is 21.8. The monoisotopic (exact) mass is 444 g/mol. The Morgan fingerprint density at radius 2 is 1.74 bits per heavy atom. The van der Waals surface area contributed by atoms with Gasteiger partial charge in [0.25, 0.3) is 10.0 Å². The highest BCUT2D eigenvalue weighted by molar-refractivity contribution is 7.90. The van der Waals surface area contributed by atoms with Gasteiger partial charge in [-0.2, -0.15) is 13.5 Å². The van der Waals surface area contributed by atoms with Gasteiger partial charge in [0.05, 0.1) is 12.3 Å². The molecule has 0 saturated carbocycles. The van der Waals surface area contributed by atoms with Gasteiger partial charge in [-0.1, -0.05) is 6.07 Å². The molecule has 2 aliphatic carbocycles. The van der Waals surface area contributed by atoms with E-state index in [2.05, 4.69) is 21.2 Å². The summed E-state index contributed by atoms with van der Waals surface area (Å²) in [6, 6.07) is 1.51. The van der Waals surface area contributed by atoms with E-state index in [4.69, 9.17) is 4.74 Å². The Morgan fingerprint density at radius 3 is 2.39 bits per heavy atom. The number of amides is 2. The highest BCUT2D eigenvalue weighted by Gasteiger charge is 2.33. The summed E-state index contributed by atoms with van der Waals surface area (Å²) in [6.07, 6.45) is 7.45. The van der Waals surface area contributed by atoms with Gasteiger partial charge in [0.2, 0.25) is 5.03 Å². The van der Waals surface area contributed by atoms with Crippen molar-refractivity contribution in [1.29, 1.82) is 0 Å². The van der Waals surface area contributed by atoms with Gasteiger partial charge in [0, 0.05) is 11.7 Å². The lowest BCUT2D eigenvalue weighted by atomic mass is 9.99. The molecule has 5 rings (SSSR count). The molecule has 0 bridgehead atoms. The Labute approximate surface area is 182 Å². The number of ether oxygens (including phenoxy) is 1. The number of sulfonamides is 1. The summed E-state index contributed by atoms with van der Waals surface area (Å²) in [5.41, 5.74) is 6.42. The number of aromatic nitrogens is 2. The largest absolute Gasteiger partial charge is 0.489 e. The number of rotatable bonds is 4. The average Bonchev–Trinajstić information content (AvgIpc) is 3.45. The molecule has 2 aromatic rings. The SMILES string of the molecule is CC(C)n1nc(S(=O)(=O)NC(=O)Nc2c3c(cc4c2CCC4)CCC3)c2c1CCCO2. The van der Waals surface area contributed by atoms with Gasteiger partial charge in [-0.25, -0.2) is 9.52 Å². The second-order valence-corrected chi connectivity index (χ2v) is 10.5. The van der Waals surface area contributed by atoms with E-state index in [1.165, 1.54) is 11.1 Å². The number of nitrogens with zero attached hydrogens (tertiary/aromatic N) is 2. The van der Waals surface area contributed by atoms with Crippen LogP contribution in [0, 0.1) is 0 Å². The summed E-state index contributed by atoms with van der Waals surface area (Å²) in [5.74, 6) is 0.266. The van der Waals surface area contributed by atoms with Gasteiger partial charge in [0.1, 0.15) is 0 Å². The summed E-state index contributed by atoms with van der Waals surface area (Å²) >= 11 is 0. The number of urea groups is 1. The van der Waals surface area contributed by atoms with E-state index in [9.17, 15) is 13.2 Å². The normalized spacial score (nSPS) is 17.1. The van der Waals surface area contributed by atoms with Gasteiger partial charge >= 0.3 is 6.03 Å². The van der Waals surface area contributed by atoms with Crippen LogP contribution >= 0.6 is 0 Å². The van der Waals surface area contributed by atoms with Crippen molar-refractivity contribution in [2.45, 2.75) is 76.3 Å². The molecule has 0 fully saturated rings. The molecule has 3 aliphatic rings. The molecule has 0 spiro atoms. The first-order chi connectivity index (χ1) is 14.8. The van der Waals surface area contributed by atoms with Crippen LogP contribution in [0.5, 0.6) is 5.75 Å². The standard InChI is InChI=1S/C22H28N4O4S/c1-13(2)26-18-10-5-11-30-20(18)21(24-26)31(28,29)25-22(27)23-19-16-8-3-6-14(16)12-15-7-4-9-17(15)19/h12-13H,3-11H2,1-2H3,(H2,23,25,27). The van der Waals surface area contributed by atoms with Gasteiger partial charge in [-0.15, -0.1) is 0 Å². The minimum Gasteiger partial charge on any atom is -0.489 e. The van der Waals surface area contributed by atoms with Crippen molar-refractivity contribution in [2.75, 3.05) is 11.9 Å². The fourth-order valence-electron chi connectivity index (χ4n) is 5.10. The van der Waals surface area contributed by atoms with E-state index in [0.29, 0.717) is 13.0 Å².